The normalized spacial score (nSPS) is 16.4. The first-order valence-corrected chi connectivity index (χ1v) is 11.0. The van der Waals surface area contributed by atoms with Crippen molar-refractivity contribution in [2.45, 2.75) is 52.5 Å². The fraction of sp³-hybridized carbons (Fsp3) is 0.440. The molecule has 2 aromatic heterocycles. The van der Waals surface area contributed by atoms with E-state index in [1.165, 1.54) is 5.56 Å². The lowest BCUT2D eigenvalue weighted by Gasteiger charge is -2.45. The predicted octanol–water partition coefficient (Wildman–Crippen LogP) is 3.70. The van der Waals surface area contributed by atoms with Gasteiger partial charge in [-0.25, -0.2) is 9.50 Å². The lowest BCUT2D eigenvalue weighted by molar-refractivity contribution is -0.122. The maximum atomic E-state index is 13.5. The van der Waals surface area contributed by atoms with Crippen LogP contribution in [-0.2, 0) is 10.2 Å². The third-order valence-corrected chi connectivity index (χ3v) is 6.09. The molecule has 3 aromatic rings. The summed E-state index contributed by atoms with van der Waals surface area (Å²) in [6.07, 6.45) is 2.58. The van der Waals surface area contributed by atoms with Crippen molar-refractivity contribution in [1.29, 1.82) is 0 Å². The van der Waals surface area contributed by atoms with Crippen LogP contribution in [0.5, 0.6) is 0 Å². The van der Waals surface area contributed by atoms with E-state index < -0.39 is 5.54 Å². The van der Waals surface area contributed by atoms with Gasteiger partial charge in [-0.15, -0.1) is 0 Å². The summed E-state index contributed by atoms with van der Waals surface area (Å²) in [5, 5.41) is 4.80. The Balaban J connectivity index is 1.79. The molecule has 0 aliphatic carbocycles. The zero-order valence-electron chi connectivity index (χ0n) is 19.7. The Bertz CT molecular complexity index is 1190. The van der Waals surface area contributed by atoms with E-state index in [2.05, 4.69) is 45.9 Å². The second-order valence-corrected chi connectivity index (χ2v) is 10.3. The monoisotopic (exact) mass is 433 g/mol. The minimum atomic E-state index is -0.473. The number of fused-ring (bicyclic) bond motifs is 1. The molecule has 0 unspecified atom stereocenters. The summed E-state index contributed by atoms with van der Waals surface area (Å²) in [7, 11) is 0. The van der Waals surface area contributed by atoms with Crippen molar-refractivity contribution in [1.82, 2.24) is 24.4 Å². The van der Waals surface area contributed by atoms with Gasteiger partial charge in [0.2, 0.25) is 6.41 Å². The first-order valence-electron chi connectivity index (χ1n) is 11.0. The Labute approximate surface area is 189 Å². The number of carbonyl (C=O) groups is 2. The molecule has 0 radical (unpaired) electrons. The van der Waals surface area contributed by atoms with E-state index in [-0.39, 0.29) is 11.3 Å². The van der Waals surface area contributed by atoms with Crippen LogP contribution in [0.3, 0.4) is 0 Å². The van der Waals surface area contributed by atoms with Gasteiger partial charge in [0.25, 0.3) is 5.91 Å². The highest BCUT2D eigenvalue weighted by molar-refractivity contribution is 5.93. The molecule has 4 rings (SSSR count). The number of carbonyl (C=O) groups excluding carboxylic acids is 2. The van der Waals surface area contributed by atoms with Gasteiger partial charge in [-0.3, -0.25) is 9.59 Å². The van der Waals surface area contributed by atoms with E-state index in [9.17, 15) is 9.59 Å². The van der Waals surface area contributed by atoms with Gasteiger partial charge in [0.1, 0.15) is 5.69 Å². The molecule has 1 saturated heterocycles. The average Bonchev–Trinajstić information content (AvgIpc) is 3.15. The number of aromatic nitrogens is 3. The van der Waals surface area contributed by atoms with E-state index >= 15 is 0 Å². The summed E-state index contributed by atoms with van der Waals surface area (Å²) in [6.45, 7) is 13.9. The third kappa shape index (κ3) is 3.99. The molecule has 1 aliphatic rings. The van der Waals surface area contributed by atoms with Crippen molar-refractivity contribution in [2.24, 2.45) is 0 Å². The first kappa shape index (κ1) is 22.0. The summed E-state index contributed by atoms with van der Waals surface area (Å²) in [6, 6.07) is 10.3. The molecule has 0 bridgehead atoms. The number of amides is 2. The van der Waals surface area contributed by atoms with Crippen LogP contribution in [0.1, 0.15) is 56.2 Å². The fourth-order valence-corrected chi connectivity index (χ4v) is 4.37. The molecule has 1 fully saturated rings. The van der Waals surface area contributed by atoms with Crippen LogP contribution in [0.4, 0.5) is 0 Å². The van der Waals surface area contributed by atoms with Crippen LogP contribution < -0.4 is 0 Å². The van der Waals surface area contributed by atoms with Gasteiger partial charge >= 0.3 is 0 Å². The minimum absolute atomic E-state index is 0.136. The topological polar surface area (TPSA) is 70.8 Å². The van der Waals surface area contributed by atoms with Gasteiger partial charge in [0.05, 0.1) is 17.4 Å². The van der Waals surface area contributed by atoms with Gasteiger partial charge in [-0.1, -0.05) is 44.5 Å². The van der Waals surface area contributed by atoms with Gasteiger partial charge in [0.15, 0.2) is 5.65 Å². The SMILES string of the molecule is Cc1cccc(-c2cc(C(C)(C)C)c3nc(C(=O)N4CCN(C=O)CC4(C)C)cn3n2)c1. The molecule has 2 amide bonds. The zero-order chi connectivity index (χ0) is 23.3. The molecule has 0 N–H and O–H groups in total. The smallest absolute Gasteiger partial charge is 0.274 e. The molecule has 32 heavy (non-hydrogen) atoms. The number of nitrogens with zero attached hydrogens (tertiary/aromatic N) is 5. The number of imidazole rings is 1. The van der Waals surface area contributed by atoms with Crippen LogP contribution in [0.15, 0.2) is 36.5 Å². The lowest BCUT2D eigenvalue weighted by atomic mass is 9.87. The highest BCUT2D eigenvalue weighted by Crippen LogP contribution is 2.31. The van der Waals surface area contributed by atoms with Crippen molar-refractivity contribution in [3.8, 4) is 11.3 Å². The number of hydrogen-bond donors (Lipinski definition) is 0. The molecular formula is C25H31N5O2. The van der Waals surface area contributed by atoms with Crippen LogP contribution in [0.25, 0.3) is 16.9 Å². The van der Waals surface area contributed by atoms with Gasteiger partial charge in [0, 0.05) is 30.8 Å². The number of hydrogen-bond acceptors (Lipinski definition) is 4. The number of benzene rings is 1. The Kier molecular flexibility index (Phi) is 5.31. The molecule has 7 nitrogen and oxygen atoms in total. The molecule has 0 spiro atoms. The molecule has 1 aliphatic heterocycles. The largest absolute Gasteiger partial charge is 0.341 e. The van der Waals surface area contributed by atoms with E-state index in [1.54, 1.807) is 15.6 Å². The number of piperazine rings is 1. The molecule has 168 valence electrons. The standard InChI is InChI=1S/C25H31N5O2/c1-17-8-7-9-18(12-17)20-13-19(24(2,3)4)22-26-21(14-30(22)27-20)23(32)29-11-10-28(16-31)15-25(29,5)6/h7-9,12-14,16H,10-11,15H2,1-6H3. The van der Waals surface area contributed by atoms with Gasteiger partial charge in [-0.2, -0.15) is 5.10 Å². The Hall–Kier alpha value is -3.22. The number of rotatable bonds is 3. The maximum Gasteiger partial charge on any atom is 0.274 e. The Morgan fingerprint density at radius 3 is 2.53 bits per heavy atom. The molecule has 3 heterocycles. The van der Waals surface area contributed by atoms with Crippen molar-refractivity contribution in [2.75, 3.05) is 19.6 Å². The first-order chi connectivity index (χ1) is 15.0. The van der Waals surface area contributed by atoms with Crippen molar-refractivity contribution in [3.05, 3.63) is 53.3 Å². The van der Waals surface area contributed by atoms with Crippen LogP contribution in [-0.4, -0.2) is 61.9 Å². The molecule has 7 heteroatoms. The van der Waals surface area contributed by atoms with Gasteiger partial charge < -0.3 is 9.80 Å². The lowest BCUT2D eigenvalue weighted by Crippen LogP contribution is -2.60. The van der Waals surface area contributed by atoms with Crippen LogP contribution in [0, 0.1) is 6.92 Å². The predicted molar refractivity (Wildman–Crippen MR) is 125 cm³/mol. The molecular weight excluding hydrogens is 402 g/mol. The van der Waals surface area contributed by atoms with Gasteiger partial charge in [-0.05, 0) is 38.3 Å². The highest BCUT2D eigenvalue weighted by atomic mass is 16.2. The summed E-state index contributed by atoms with van der Waals surface area (Å²) in [5.74, 6) is -0.136. The molecule has 1 aromatic carbocycles. The summed E-state index contributed by atoms with van der Waals surface area (Å²) in [4.78, 5) is 32.9. The second-order valence-electron chi connectivity index (χ2n) is 10.3. The average molecular weight is 434 g/mol. The Morgan fingerprint density at radius 1 is 1.16 bits per heavy atom. The van der Waals surface area contributed by atoms with Crippen molar-refractivity contribution >= 4 is 18.0 Å². The van der Waals surface area contributed by atoms with E-state index in [1.807, 2.05) is 30.9 Å². The molecule has 0 saturated carbocycles. The number of aryl methyl sites for hydroxylation is 1. The summed E-state index contributed by atoms with van der Waals surface area (Å²) < 4.78 is 1.74. The van der Waals surface area contributed by atoms with E-state index in [0.29, 0.717) is 31.0 Å². The molecule has 0 atom stereocenters. The summed E-state index contributed by atoms with van der Waals surface area (Å²) >= 11 is 0. The maximum absolute atomic E-state index is 13.5. The summed E-state index contributed by atoms with van der Waals surface area (Å²) in [5.41, 5.74) is 4.50. The van der Waals surface area contributed by atoms with Crippen LogP contribution >= 0.6 is 0 Å². The second kappa shape index (κ2) is 7.73. The highest BCUT2D eigenvalue weighted by Gasteiger charge is 2.38. The zero-order valence-corrected chi connectivity index (χ0v) is 19.7. The van der Waals surface area contributed by atoms with Crippen molar-refractivity contribution < 1.29 is 9.59 Å². The third-order valence-electron chi connectivity index (χ3n) is 6.09. The quantitative estimate of drug-likeness (QED) is 0.591. The van der Waals surface area contributed by atoms with E-state index in [0.717, 1.165) is 23.2 Å². The minimum Gasteiger partial charge on any atom is -0.341 e. The van der Waals surface area contributed by atoms with Crippen molar-refractivity contribution in [3.63, 3.8) is 0 Å². The van der Waals surface area contributed by atoms with E-state index in [4.69, 9.17) is 10.1 Å². The Morgan fingerprint density at radius 2 is 1.91 bits per heavy atom. The fourth-order valence-electron chi connectivity index (χ4n) is 4.37. The van der Waals surface area contributed by atoms with Crippen LogP contribution in [0.2, 0.25) is 0 Å².